The van der Waals surface area contributed by atoms with Crippen LogP contribution in [0.5, 0.6) is 0 Å². The first-order valence-electron chi connectivity index (χ1n) is 5.53. The molecule has 88 valence electrons. The van der Waals surface area contributed by atoms with Gasteiger partial charge in [0, 0.05) is 6.04 Å². The Morgan fingerprint density at radius 2 is 2.47 bits per heavy atom. The molecule has 1 N–H and O–H groups in total. The molecule has 0 aliphatic heterocycles. The Bertz CT molecular complexity index is 488. The summed E-state index contributed by atoms with van der Waals surface area (Å²) in [7, 11) is 0. The average Bonchev–Trinajstić information content (AvgIpc) is 2.86. The summed E-state index contributed by atoms with van der Waals surface area (Å²) < 4.78 is 5.27. The third-order valence-electron chi connectivity index (χ3n) is 2.77. The molecule has 0 unspecified atom stereocenters. The van der Waals surface area contributed by atoms with Crippen molar-refractivity contribution in [1.29, 1.82) is 0 Å². The number of carbonyl (C=O) groups is 1. The van der Waals surface area contributed by atoms with Crippen LogP contribution in [0.1, 0.15) is 29.2 Å². The maximum absolute atomic E-state index is 12.2. The summed E-state index contributed by atoms with van der Waals surface area (Å²) >= 11 is 0. The number of furan rings is 1. The quantitative estimate of drug-likeness (QED) is 0.859. The molecule has 1 saturated carbocycles. The molecule has 0 atom stereocenters. The maximum Gasteiger partial charge on any atom is 0.291 e. The molecule has 0 aromatic carbocycles. The number of amides is 1. The molecule has 3 rings (SSSR count). The number of H-pyrrole nitrogens is 1. The highest BCUT2D eigenvalue weighted by atomic mass is 16.3. The third-order valence-corrected chi connectivity index (χ3v) is 2.77. The van der Waals surface area contributed by atoms with Gasteiger partial charge in [-0.15, -0.1) is 0 Å². The third kappa shape index (κ3) is 2.06. The number of nitrogens with one attached hydrogen (secondary N) is 1. The van der Waals surface area contributed by atoms with Crippen molar-refractivity contribution in [3.05, 3.63) is 36.3 Å². The number of aromatic nitrogens is 3. The smallest absolute Gasteiger partial charge is 0.291 e. The molecule has 2 heterocycles. The molecular weight excluding hydrogens is 220 g/mol. The standard InChI is InChI=1S/C11H12N4O2/c16-11(10-12-7-13-14-10)15(8-3-4-8)6-9-2-1-5-17-9/h1-2,5,7-8H,3-4,6H2,(H,12,13,14). The van der Waals surface area contributed by atoms with E-state index in [4.69, 9.17) is 4.42 Å². The van der Waals surface area contributed by atoms with Crippen molar-refractivity contribution in [2.75, 3.05) is 0 Å². The molecular formula is C11H12N4O2. The zero-order chi connectivity index (χ0) is 11.7. The lowest BCUT2D eigenvalue weighted by atomic mass is 10.3. The summed E-state index contributed by atoms with van der Waals surface area (Å²) in [5.41, 5.74) is 0. The summed E-state index contributed by atoms with van der Waals surface area (Å²) in [6.45, 7) is 0.483. The highest BCUT2D eigenvalue weighted by Crippen LogP contribution is 2.29. The van der Waals surface area contributed by atoms with Crippen LogP contribution in [-0.4, -0.2) is 32.0 Å². The fraction of sp³-hybridized carbons (Fsp3) is 0.364. The highest BCUT2D eigenvalue weighted by molar-refractivity contribution is 5.90. The van der Waals surface area contributed by atoms with E-state index in [1.54, 1.807) is 11.2 Å². The van der Waals surface area contributed by atoms with Gasteiger partial charge in [0.15, 0.2) is 0 Å². The van der Waals surface area contributed by atoms with Gasteiger partial charge in [-0.3, -0.25) is 9.89 Å². The van der Waals surface area contributed by atoms with Crippen molar-refractivity contribution in [3.63, 3.8) is 0 Å². The topological polar surface area (TPSA) is 75.0 Å². The molecule has 1 fully saturated rings. The maximum atomic E-state index is 12.2. The lowest BCUT2D eigenvalue weighted by Gasteiger charge is -2.19. The van der Waals surface area contributed by atoms with Crippen LogP contribution in [-0.2, 0) is 6.54 Å². The van der Waals surface area contributed by atoms with Crippen molar-refractivity contribution in [2.24, 2.45) is 0 Å². The Balaban J connectivity index is 1.78. The predicted octanol–water partition coefficient (Wildman–Crippen LogP) is 1.20. The Morgan fingerprint density at radius 1 is 1.59 bits per heavy atom. The lowest BCUT2D eigenvalue weighted by molar-refractivity contribution is 0.0705. The van der Waals surface area contributed by atoms with Crippen molar-refractivity contribution in [1.82, 2.24) is 20.1 Å². The van der Waals surface area contributed by atoms with Crippen LogP contribution in [0.4, 0.5) is 0 Å². The van der Waals surface area contributed by atoms with Gasteiger partial charge in [-0.2, -0.15) is 5.10 Å². The minimum Gasteiger partial charge on any atom is -0.467 e. The van der Waals surface area contributed by atoms with Gasteiger partial charge in [0.05, 0.1) is 12.8 Å². The molecule has 1 aliphatic rings. The molecule has 2 aromatic heterocycles. The van der Waals surface area contributed by atoms with E-state index >= 15 is 0 Å². The number of aromatic amines is 1. The summed E-state index contributed by atoms with van der Waals surface area (Å²) in [6, 6.07) is 3.99. The predicted molar refractivity (Wildman–Crippen MR) is 58.0 cm³/mol. The number of rotatable bonds is 4. The van der Waals surface area contributed by atoms with Crippen LogP contribution in [0.25, 0.3) is 0 Å². The van der Waals surface area contributed by atoms with E-state index in [1.807, 2.05) is 12.1 Å². The molecule has 1 amide bonds. The van der Waals surface area contributed by atoms with Crippen molar-refractivity contribution < 1.29 is 9.21 Å². The van der Waals surface area contributed by atoms with Crippen LogP contribution < -0.4 is 0 Å². The summed E-state index contributed by atoms with van der Waals surface area (Å²) in [4.78, 5) is 17.8. The molecule has 6 heteroatoms. The van der Waals surface area contributed by atoms with Crippen LogP contribution in [0.2, 0.25) is 0 Å². The first-order valence-corrected chi connectivity index (χ1v) is 5.53. The molecule has 2 aromatic rings. The van der Waals surface area contributed by atoms with Gasteiger partial charge in [0.25, 0.3) is 5.91 Å². The molecule has 0 radical (unpaired) electrons. The van der Waals surface area contributed by atoms with E-state index in [2.05, 4.69) is 15.2 Å². The molecule has 6 nitrogen and oxygen atoms in total. The van der Waals surface area contributed by atoms with E-state index in [9.17, 15) is 4.79 Å². The largest absolute Gasteiger partial charge is 0.467 e. The molecule has 17 heavy (non-hydrogen) atoms. The highest BCUT2D eigenvalue weighted by Gasteiger charge is 2.34. The Labute approximate surface area is 97.6 Å². The summed E-state index contributed by atoms with van der Waals surface area (Å²) in [6.07, 6.45) is 5.03. The molecule has 0 bridgehead atoms. The first-order chi connectivity index (χ1) is 8.34. The van der Waals surface area contributed by atoms with Crippen LogP contribution >= 0.6 is 0 Å². The first kappa shape index (κ1) is 10.1. The monoisotopic (exact) mass is 232 g/mol. The lowest BCUT2D eigenvalue weighted by Crippen LogP contribution is -2.33. The fourth-order valence-electron chi connectivity index (χ4n) is 1.77. The molecule has 0 saturated heterocycles. The van der Waals surface area contributed by atoms with Crippen molar-refractivity contribution >= 4 is 5.91 Å². The second kappa shape index (κ2) is 4.04. The summed E-state index contributed by atoms with van der Waals surface area (Å²) in [5, 5.41) is 6.29. The van der Waals surface area contributed by atoms with Gasteiger partial charge < -0.3 is 9.32 Å². The number of nitrogens with zero attached hydrogens (tertiary/aromatic N) is 3. The van der Waals surface area contributed by atoms with Gasteiger partial charge in [-0.05, 0) is 25.0 Å². The Hall–Kier alpha value is -2.11. The van der Waals surface area contributed by atoms with E-state index in [0.717, 1.165) is 18.6 Å². The fourth-order valence-corrected chi connectivity index (χ4v) is 1.77. The van der Waals surface area contributed by atoms with Gasteiger partial charge in [-0.25, -0.2) is 4.98 Å². The van der Waals surface area contributed by atoms with Gasteiger partial charge in [0.2, 0.25) is 5.82 Å². The number of hydrogen-bond donors (Lipinski definition) is 1. The van der Waals surface area contributed by atoms with E-state index < -0.39 is 0 Å². The van der Waals surface area contributed by atoms with Gasteiger partial charge >= 0.3 is 0 Å². The second-order valence-corrected chi connectivity index (χ2v) is 4.08. The van der Waals surface area contributed by atoms with Crippen LogP contribution in [0.15, 0.2) is 29.1 Å². The van der Waals surface area contributed by atoms with E-state index in [-0.39, 0.29) is 11.7 Å². The zero-order valence-electron chi connectivity index (χ0n) is 9.17. The Morgan fingerprint density at radius 3 is 3.06 bits per heavy atom. The van der Waals surface area contributed by atoms with Crippen molar-refractivity contribution in [2.45, 2.75) is 25.4 Å². The number of carbonyl (C=O) groups excluding carboxylic acids is 1. The van der Waals surface area contributed by atoms with E-state index in [0.29, 0.717) is 12.6 Å². The minimum absolute atomic E-state index is 0.124. The van der Waals surface area contributed by atoms with E-state index in [1.165, 1.54) is 6.33 Å². The van der Waals surface area contributed by atoms with Crippen LogP contribution in [0, 0.1) is 0 Å². The SMILES string of the molecule is O=C(c1ncn[nH]1)N(Cc1ccco1)C1CC1. The van der Waals surface area contributed by atoms with Gasteiger partial charge in [-0.1, -0.05) is 0 Å². The Kier molecular flexibility index (Phi) is 2.40. The average molecular weight is 232 g/mol. The summed E-state index contributed by atoms with van der Waals surface area (Å²) in [5.74, 6) is 0.939. The zero-order valence-corrected chi connectivity index (χ0v) is 9.17. The molecule has 0 spiro atoms. The normalized spacial score (nSPS) is 14.8. The van der Waals surface area contributed by atoms with Crippen LogP contribution in [0.3, 0.4) is 0 Å². The second-order valence-electron chi connectivity index (χ2n) is 4.08. The molecule has 1 aliphatic carbocycles. The number of hydrogen-bond acceptors (Lipinski definition) is 4. The van der Waals surface area contributed by atoms with Crippen molar-refractivity contribution in [3.8, 4) is 0 Å². The van der Waals surface area contributed by atoms with Gasteiger partial charge in [0.1, 0.15) is 12.1 Å². The minimum atomic E-state index is -0.124.